The van der Waals surface area contributed by atoms with E-state index in [0.717, 1.165) is 5.56 Å². The minimum atomic E-state index is 0.389. The van der Waals surface area contributed by atoms with Gasteiger partial charge in [-0.3, -0.25) is 4.79 Å². The van der Waals surface area contributed by atoms with Gasteiger partial charge in [0.05, 0.1) is 10.6 Å². The van der Waals surface area contributed by atoms with E-state index in [0.29, 0.717) is 33.4 Å². The van der Waals surface area contributed by atoms with Gasteiger partial charge in [0.1, 0.15) is 11.5 Å². The molecule has 18 heavy (non-hydrogen) atoms. The molecule has 0 amide bonds. The average molecular weight is 281 g/mol. The third-order valence-corrected chi connectivity index (χ3v) is 2.95. The summed E-state index contributed by atoms with van der Waals surface area (Å²) >= 11 is 11.8. The summed E-state index contributed by atoms with van der Waals surface area (Å²) < 4.78 is 5.65. The van der Waals surface area contributed by atoms with Crippen LogP contribution in [0, 0.1) is 6.92 Å². The maximum absolute atomic E-state index is 10.9. The molecule has 0 aliphatic carbocycles. The van der Waals surface area contributed by atoms with E-state index >= 15 is 0 Å². The van der Waals surface area contributed by atoms with E-state index in [1.807, 2.05) is 19.1 Å². The van der Waals surface area contributed by atoms with Crippen LogP contribution < -0.4 is 4.74 Å². The van der Waals surface area contributed by atoms with Crippen molar-refractivity contribution in [2.45, 2.75) is 6.92 Å². The highest BCUT2D eigenvalue weighted by Gasteiger charge is 2.08. The van der Waals surface area contributed by atoms with Crippen molar-refractivity contribution in [1.82, 2.24) is 0 Å². The molecule has 2 nitrogen and oxygen atoms in total. The molecule has 0 N–H and O–H groups in total. The highest BCUT2D eigenvalue weighted by Crippen LogP contribution is 2.32. The summed E-state index contributed by atoms with van der Waals surface area (Å²) in [6.45, 7) is 1.94. The van der Waals surface area contributed by atoms with E-state index in [1.54, 1.807) is 24.3 Å². The molecule has 0 fully saturated rings. The molecule has 92 valence electrons. The van der Waals surface area contributed by atoms with E-state index in [1.165, 1.54) is 0 Å². The fourth-order valence-electron chi connectivity index (χ4n) is 1.51. The zero-order valence-electron chi connectivity index (χ0n) is 9.61. The maximum Gasteiger partial charge on any atom is 0.153 e. The topological polar surface area (TPSA) is 26.3 Å². The fourth-order valence-corrected chi connectivity index (χ4v) is 1.85. The van der Waals surface area contributed by atoms with Gasteiger partial charge in [-0.1, -0.05) is 29.3 Å². The molecule has 0 atom stereocenters. The summed E-state index contributed by atoms with van der Waals surface area (Å²) in [4.78, 5) is 10.9. The van der Waals surface area contributed by atoms with Crippen LogP contribution in [-0.4, -0.2) is 6.29 Å². The van der Waals surface area contributed by atoms with Gasteiger partial charge < -0.3 is 4.74 Å². The first kappa shape index (κ1) is 12.9. The zero-order chi connectivity index (χ0) is 13.1. The van der Waals surface area contributed by atoms with Gasteiger partial charge in [0.15, 0.2) is 6.29 Å². The minimum absolute atomic E-state index is 0.389. The van der Waals surface area contributed by atoms with Gasteiger partial charge in [-0.2, -0.15) is 0 Å². The summed E-state index contributed by atoms with van der Waals surface area (Å²) in [6, 6.07) is 10.3. The molecule has 2 rings (SSSR count). The summed E-state index contributed by atoms with van der Waals surface area (Å²) in [6.07, 6.45) is 0.699. The Kier molecular flexibility index (Phi) is 3.90. The van der Waals surface area contributed by atoms with Crippen LogP contribution in [0.1, 0.15) is 15.9 Å². The van der Waals surface area contributed by atoms with Crippen LogP contribution in [0.25, 0.3) is 0 Å². The Morgan fingerprint density at radius 3 is 2.56 bits per heavy atom. The number of aryl methyl sites for hydroxylation is 1. The van der Waals surface area contributed by atoms with E-state index in [4.69, 9.17) is 27.9 Å². The maximum atomic E-state index is 10.9. The van der Waals surface area contributed by atoms with Crippen molar-refractivity contribution in [2.75, 3.05) is 0 Å². The summed E-state index contributed by atoms with van der Waals surface area (Å²) in [5.74, 6) is 0.948. The number of carbonyl (C=O) groups is 1. The average Bonchev–Trinajstić information content (AvgIpc) is 2.36. The number of hydrogen-bond donors (Lipinski definition) is 0. The molecule has 0 saturated heterocycles. The van der Waals surface area contributed by atoms with Gasteiger partial charge in [0, 0.05) is 5.02 Å². The summed E-state index contributed by atoms with van der Waals surface area (Å²) in [5, 5.41) is 0.979. The highest BCUT2D eigenvalue weighted by atomic mass is 35.5. The van der Waals surface area contributed by atoms with Crippen molar-refractivity contribution in [1.29, 1.82) is 0 Å². The molecular formula is C14H10Cl2O2. The molecule has 2 aromatic rings. The predicted octanol–water partition coefficient (Wildman–Crippen LogP) is 4.91. The van der Waals surface area contributed by atoms with Gasteiger partial charge in [0.25, 0.3) is 0 Å². The van der Waals surface area contributed by atoms with Crippen LogP contribution in [0.5, 0.6) is 11.5 Å². The Bertz CT molecular complexity index is 594. The largest absolute Gasteiger partial charge is 0.455 e. The second-order valence-electron chi connectivity index (χ2n) is 3.84. The predicted molar refractivity (Wildman–Crippen MR) is 73.1 cm³/mol. The molecular weight excluding hydrogens is 271 g/mol. The number of hydrogen-bond acceptors (Lipinski definition) is 2. The van der Waals surface area contributed by atoms with Crippen LogP contribution in [0.2, 0.25) is 10.0 Å². The Morgan fingerprint density at radius 1 is 1.06 bits per heavy atom. The number of carbonyl (C=O) groups excluding carboxylic acids is 1. The molecule has 0 radical (unpaired) electrons. The van der Waals surface area contributed by atoms with Gasteiger partial charge in [0.2, 0.25) is 0 Å². The Hall–Kier alpha value is -1.51. The van der Waals surface area contributed by atoms with Crippen molar-refractivity contribution in [3.63, 3.8) is 0 Å². The van der Waals surface area contributed by atoms with E-state index in [2.05, 4.69) is 0 Å². The van der Waals surface area contributed by atoms with Crippen LogP contribution in [0.3, 0.4) is 0 Å². The monoisotopic (exact) mass is 280 g/mol. The number of ether oxygens (including phenoxy) is 1. The molecule has 0 spiro atoms. The second-order valence-corrected chi connectivity index (χ2v) is 4.68. The lowest BCUT2D eigenvalue weighted by Crippen LogP contribution is -1.91. The second kappa shape index (κ2) is 5.42. The van der Waals surface area contributed by atoms with Gasteiger partial charge in [-0.05, 0) is 42.8 Å². The lowest BCUT2D eigenvalue weighted by atomic mass is 10.2. The van der Waals surface area contributed by atoms with Crippen LogP contribution >= 0.6 is 23.2 Å². The third kappa shape index (κ3) is 2.84. The summed E-state index contributed by atoms with van der Waals surface area (Å²) in [5.41, 5.74) is 1.41. The Balaban J connectivity index is 2.39. The van der Waals surface area contributed by atoms with Crippen LogP contribution in [0.15, 0.2) is 36.4 Å². The fraction of sp³-hybridized carbons (Fsp3) is 0.0714. The number of rotatable bonds is 3. The van der Waals surface area contributed by atoms with Crippen molar-refractivity contribution in [2.24, 2.45) is 0 Å². The van der Waals surface area contributed by atoms with Crippen molar-refractivity contribution in [3.8, 4) is 11.5 Å². The lowest BCUT2D eigenvalue weighted by Gasteiger charge is -2.10. The number of halogens is 2. The van der Waals surface area contributed by atoms with Crippen molar-refractivity contribution < 1.29 is 9.53 Å². The third-order valence-electron chi connectivity index (χ3n) is 2.41. The van der Waals surface area contributed by atoms with Crippen LogP contribution in [-0.2, 0) is 0 Å². The Labute approximate surface area is 115 Å². The normalized spacial score (nSPS) is 10.2. The zero-order valence-corrected chi connectivity index (χ0v) is 11.1. The van der Waals surface area contributed by atoms with E-state index < -0.39 is 0 Å². The smallest absolute Gasteiger partial charge is 0.153 e. The number of aldehydes is 1. The van der Waals surface area contributed by atoms with Crippen LogP contribution in [0.4, 0.5) is 0 Å². The van der Waals surface area contributed by atoms with Gasteiger partial charge in [-0.15, -0.1) is 0 Å². The van der Waals surface area contributed by atoms with Gasteiger partial charge >= 0.3 is 0 Å². The standard InChI is InChI=1S/C14H10Cl2O2/c1-9-2-4-12(16)14(6-9)18-13-5-3-11(15)7-10(13)8-17/h2-8H,1H3. The first-order valence-corrected chi connectivity index (χ1v) is 6.04. The SMILES string of the molecule is Cc1ccc(Cl)c(Oc2ccc(Cl)cc2C=O)c1. The molecule has 0 aromatic heterocycles. The molecule has 4 heteroatoms. The number of benzene rings is 2. The van der Waals surface area contributed by atoms with Gasteiger partial charge in [-0.25, -0.2) is 0 Å². The molecule has 0 unspecified atom stereocenters. The minimum Gasteiger partial charge on any atom is -0.455 e. The molecule has 2 aromatic carbocycles. The van der Waals surface area contributed by atoms with E-state index in [-0.39, 0.29) is 0 Å². The Morgan fingerprint density at radius 2 is 1.83 bits per heavy atom. The van der Waals surface area contributed by atoms with E-state index in [9.17, 15) is 4.79 Å². The first-order chi connectivity index (χ1) is 8.60. The highest BCUT2D eigenvalue weighted by molar-refractivity contribution is 6.32. The molecule has 0 saturated carbocycles. The first-order valence-electron chi connectivity index (χ1n) is 5.29. The molecule has 0 bridgehead atoms. The molecule has 0 aliphatic rings. The molecule has 0 heterocycles. The summed E-state index contributed by atoms with van der Waals surface area (Å²) in [7, 11) is 0. The van der Waals surface area contributed by atoms with Crippen molar-refractivity contribution in [3.05, 3.63) is 57.6 Å². The quantitative estimate of drug-likeness (QED) is 0.747. The lowest BCUT2D eigenvalue weighted by molar-refractivity contribution is 0.112. The van der Waals surface area contributed by atoms with Crippen molar-refractivity contribution >= 4 is 29.5 Å². The molecule has 0 aliphatic heterocycles.